The Balaban J connectivity index is 1.62. The highest BCUT2D eigenvalue weighted by atomic mass is 19.1. The summed E-state index contributed by atoms with van der Waals surface area (Å²) in [7, 11) is 0. The summed E-state index contributed by atoms with van der Waals surface area (Å²) in [5.41, 5.74) is 2.49. The Bertz CT molecular complexity index is 1100. The van der Waals surface area contributed by atoms with Gasteiger partial charge in [-0.2, -0.15) is 0 Å². The average molecular weight is 403 g/mol. The summed E-state index contributed by atoms with van der Waals surface area (Å²) in [6.07, 6.45) is 0. The molecule has 152 valence electrons. The minimum absolute atomic E-state index is 0.128. The lowest BCUT2D eigenvalue weighted by Gasteiger charge is -2.31. The first kappa shape index (κ1) is 18.6. The van der Waals surface area contributed by atoms with E-state index in [9.17, 15) is 9.18 Å². The maximum atomic E-state index is 14.4. The Kier molecular flexibility index (Phi) is 4.85. The highest BCUT2D eigenvalue weighted by Gasteiger charge is 2.31. The fourth-order valence-electron chi connectivity index (χ4n) is 4.04. The number of amides is 1. The Morgan fingerprint density at radius 1 is 0.900 bits per heavy atom. The first-order chi connectivity index (χ1) is 14.7. The van der Waals surface area contributed by atoms with Crippen LogP contribution in [0.5, 0.6) is 11.5 Å². The molecule has 6 heteroatoms. The number of nitrogens with zero attached hydrogens (tertiary/aromatic N) is 2. The Morgan fingerprint density at radius 2 is 1.63 bits per heavy atom. The van der Waals surface area contributed by atoms with E-state index in [1.807, 2.05) is 36.4 Å². The van der Waals surface area contributed by atoms with E-state index < -0.39 is 0 Å². The third kappa shape index (κ3) is 3.29. The molecule has 0 spiro atoms. The molecular formula is C24H22FN3O2. The molecule has 5 nitrogen and oxygen atoms in total. The summed E-state index contributed by atoms with van der Waals surface area (Å²) >= 11 is 0. The first-order valence-electron chi connectivity index (χ1n) is 10.1. The van der Waals surface area contributed by atoms with Crippen molar-refractivity contribution < 1.29 is 13.9 Å². The molecule has 5 rings (SSSR count). The minimum atomic E-state index is -0.331. The monoisotopic (exact) mass is 403 g/mol. The predicted octanol–water partition coefficient (Wildman–Crippen LogP) is 4.19. The molecule has 1 amide bonds. The zero-order valence-corrected chi connectivity index (χ0v) is 16.5. The predicted molar refractivity (Wildman–Crippen MR) is 115 cm³/mol. The van der Waals surface area contributed by atoms with Crippen LogP contribution in [-0.4, -0.2) is 32.1 Å². The first-order valence-corrected chi connectivity index (χ1v) is 10.1. The van der Waals surface area contributed by atoms with Crippen LogP contribution in [0.1, 0.15) is 15.9 Å². The molecule has 1 N–H and O–H groups in total. The molecule has 2 aliphatic rings. The van der Waals surface area contributed by atoms with Crippen molar-refractivity contribution in [3.63, 3.8) is 0 Å². The number of para-hydroxylation sites is 3. The van der Waals surface area contributed by atoms with Crippen LogP contribution in [0.25, 0.3) is 0 Å². The van der Waals surface area contributed by atoms with Crippen molar-refractivity contribution in [2.24, 2.45) is 0 Å². The van der Waals surface area contributed by atoms with E-state index in [-0.39, 0.29) is 18.3 Å². The van der Waals surface area contributed by atoms with E-state index in [0.29, 0.717) is 28.3 Å². The van der Waals surface area contributed by atoms with Crippen LogP contribution < -0.4 is 19.9 Å². The molecule has 0 radical (unpaired) electrons. The average Bonchev–Trinajstić information content (AvgIpc) is 2.90. The molecule has 1 fully saturated rings. The van der Waals surface area contributed by atoms with Gasteiger partial charge in [-0.15, -0.1) is 0 Å². The highest BCUT2D eigenvalue weighted by Crippen LogP contribution is 2.44. The molecule has 0 unspecified atom stereocenters. The second-order valence-electron chi connectivity index (χ2n) is 7.44. The number of nitrogens with one attached hydrogen (secondary N) is 1. The van der Waals surface area contributed by atoms with Crippen molar-refractivity contribution in [1.29, 1.82) is 0 Å². The number of halogens is 1. The standard InChI is InChI=1S/C24H22FN3O2/c25-19-8-2-1-6-17(19)16-28-20-9-3-4-11-22(20)30-23-18(24(28)29)7-5-10-21(23)27-14-12-26-13-15-27/h1-11,26H,12-16H2. The Labute approximate surface area is 174 Å². The van der Waals surface area contributed by atoms with Crippen molar-refractivity contribution in [2.75, 3.05) is 36.0 Å². The second-order valence-corrected chi connectivity index (χ2v) is 7.44. The van der Waals surface area contributed by atoms with Crippen LogP contribution in [0, 0.1) is 5.82 Å². The number of piperazine rings is 1. The van der Waals surface area contributed by atoms with Gasteiger partial charge in [0.25, 0.3) is 5.91 Å². The van der Waals surface area contributed by atoms with Crippen molar-refractivity contribution in [3.05, 3.63) is 83.7 Å². The van der Waals surface area contributed by atoms with Crippen molar-refractivity contribution >= 4 is 17.3 Å². The van der Waals surface area contributed by atoms with Crippen LogP contribution in [0.3, 0.4) is 0 Å². The van der Waals surface area contributed by atoms with Gasteiger partial charge in [0.1, 0.15) is 5.82 Å². The van der Waals surface area contributed by atoms with Crippen LogP contribution in [0.15, 0.2) is 66.7 Å². The summed E-state index contributed by atoms with van der Waals surface area (Å²) < 4.78 is 20.7. The topological polar surface area (TPSA) is 44.8 Å². The summed E-state index contributed by atoms with van der Waals surface area (Å²) in [5, 5.41) is 3.35. The van der Waals surface area contributed by atoms with Crippen LogP contribution in [-0.2, 0) is 6.54 Å². The van der Waals surface area contributed by atoms with Gasteiger partial charge >= 0.3 is 0 Å². The number of fused-ring (bicyclic) bond motifs is 2. The molecule has 3 aromatic rings. The van der Waals surface area contributed by atoms with Gasteiger partial charge in [-0.1, -0.05) is 36.4 Å². The van der Waals surface area contributed by atoms with Crippen LogP contribution in [0.2, 0.25) is 0 Å². The van der Waals surface area contributed by atoms with E-state index in [2.05, 4.69) is 10.2 Å². The van der Waals surface area contributed by atoms with E-state index in [1.165, 1.54) is 6.07 Å². The van der Waals surface area contributed by atoms with Gasteiger partial charge < -0.3 is 19.9 Å². The maximum Gasteiger partial charge on any atom is 0.262 e. The largest absolute Gasteiger partial charge is 0.452 e. The number of benzene rings is 3. The third-order valence-electron chi connectivity index (χ3n) is 5.58. The number of rotatable bonds is 3. The van der Waals surface area contributed by atoms with Gasteiger partial charge in [0, 0.05) is 31.7 Å². The number of hydrogen-bond donors (Lipinski definition) is 1. The number of carbonyl (C=O) groups is 1. The van der Waals surface area contributed by atoms with Gasteiger partial charge in [0.05, 0.1) is 23.5 Å². The molecule has 0 saturated carbocycles. The van der Waals surface area contributed by atoms with Crippen molar-refractivity contribution in [2.45, 2.75) is 6.54 Å². The molecule has 1 saturated heterocycles. The van der Waals surface area contributed by atoms with Gasteiger partial charge in [0.15, 0.2) is 11.5 Å². The molecule has 0 atom stereocenters. The second kappa shape index (κ2) is 7.80. The molecule has 3 aromatic carbocycles. The lowest BCUT2D eigenvalue weighted by atomic mass is 10.1. The quantitative estimate of drug-likeness (QED) is 0.712. The molecule has 30 heavy (non-hydrogen) atoms. The van der Waals surface area contributed by atoms with E-state index in [0.717, 1.165) is 31.9 Å². The third-order valence-corrected chi connectivity index (χ3v) is 5.58. The zero-order chi connectivity index (χ0) is 20.5. The van der Waals surface area contributed by atoms with Crippen molar-refractivity contribution in [1.82, 2.24) is 5.32 Å². The lowest BCUT2D eigenvalue weighted by molar-refractivity contribution is 0.0985. The van der Waals surface area contributed by atoms with E-state index in [1.54, 1.807) is 29.2 Å². The fourth-order valence-corrected chi connectivity index (χ4v) is 4.04. The smallest absolute Gasteiger partial charge is 0.262 e. The summed E-state index contributed by atoms with van der Waals surface area (Å²) in [5.74, 6) is 0.620. The van der Waals surface area contributed by atoms with Gasteiger partial charge in [-0.05, 0) is 30.3 Å². The highest BCUT2D eigenvalue weighted by molar-refractivity contribution is 6.10. The molecule has 0 aliphatic carbocycles. The molecular weight excluding hydrogens is 381 g/mol. The van der Waals surface area contributed by atoms with Gasteiger partial charge in [0.2, 0.25) is 0 Å². The molecule has 2 aliphatic heterocycles. The SMILES string of the molecule is O=C1c2cccc(N3CCNCC3)c2Oc2ccccc2N1Cc1ccccc1F. The Morgan fingerprint density at radius 3 is 2.47 bits per heavy atom. The number of carbonyl (C=O) groups excluding carboxylic acids is 1. The van der Waals surface area contributed by atoms with E-state index >= 15 is 0 Å². The number of ether oxygens (including phenoxy) is 1. The maximum absolute atomic E-state index is 14.4. The van der Waals surface area contributed by atoms with Gasteiger partial charge in [-0.25, -0.2) is 4.39 Å². The van der Waals surface area contributed by atoms with Crippen LogP contribution in [0.4, 0.5) is 15.8 Å². The molecule has 2 heterocycles. The summed E-state index contributed by atoms with van der Waals surface area (Å²) in [6.45, 7) is 3.58. The van der Waals surface area contributed by atoms with Crippen molar-refractivity contribution in [3.8, 4) is 11.5 Å². The fraction of sp³-hybridized carbons (Fsp3) is 0.208. The normalized spacial score (nSPS) is 15.8. The molecule has 0 bridgehead atoms. The lowest BCUT2D eigenvalue weighted by Crippen LogP contribution is -2.43. The minimum Gasteiger partial charge on any atom is -0.452 e. The Hall–Kier alpha value is -3.38. The van der Waals surface area contributed by atoms with Gasteiger partial charge in [-0.3, -0.25) is 4.79 Å². The van der Waals surface area contributed by atoms with Crippen LogP contribution >= 0.6 is 0 Å². The summed E-state index contributed by atoms with van der Waals surface area (Å²) in [6, 6.07) is 19.6. The van der Waals surface area contributed by atoms with E-state index in [4.69, 9.17) is 4.74 Å². The number of hydrogen-bond acceptors (Lipinski definition) is 4. The number of anilines is 2. The zero-order valence-electron chi connectivity index (χ0n) is 16.5. The summed E-state index contributed by atoms with van der Waals surface area (Å²) in [4.78, 5) is 17.5. The molecule has 0 aromatic heterocycles.